The first kappa shape index (κ1) is 14.7. The first-order chi connectivity index (χ1) is 8.06. The summed E-state index contributed by atoms with van der Waals surface area (Å²) in [6, 6.07) is 0. The zero-order valence-corrected chi connectivity index (χ0v) is 8.99. The van der Waals surface area contributed by atoms with Crippen molar-refractivity contribution >= 4 is 11.6 Å². The molecular weight excluding hydrogens is 292 g/mol. The summed E-state index contributed by atoms with van der Waals surface area (Å²) in [5.41, 5.74) is -2.73. The Kier molecular flexibility index (Phi) is 3.84. The van der Waals surface area contributed by atoms with E-state index in [1.165, 1.54) is 0 Å². The van der Waals surface area contributed by atoms with E-state index in [9.17, 15) is 26.3 Å². The minimum atomic E-state index is -5.26. The molecule has 0 unspecified atom stereocenters. The van der Waals surface area contributed by atoms with Gasteiger partial charge in [-0.2, -0.15) is 13.2 Å². The SMILES string of the molecule is Oc1cnc(C(F)(F)F)c(CCl)c1OC(F)(F)F. The molecule has 0 aliphatic carbocycles. The molecule has 0 aliphatic rings. The summed E-state index contributed by atoms with van der Waals surface area (Å²) in [4.78, 5) is 2.80. The molecule has 0 fully saturated rings. The molecule has 0 aromatic carbocycles. The molecule has 1 heterocycles. The van der Waals surface area contributed by atoms with Crippen molar-refractivity contribution in [2.75, 3.05) is 0 Å². The first-order valence-corrected chi connectivity index (χ1v) is 4.69. The van der Waals surface area contributed by atoms with Crippen LogP contribution < -0.4 is 4.74 Å². The largest absolute Gasteiger partial charge is 0.573 e. The van der Waals surface area contributed by atoms with Gasteiger partial charge in [-0.3, -0.25) is 0 Å². The fourth-order valence-corrected chi connectivity index (χ4v) is 1.37. The van der Waals surface area contributed by atoms with E-state index in [0.717, 1.165) is 0 Å². The summed E-state index contributed by atoms with van der Waals surface area (Å²) in [6.07, 6.45) is -10.1. The Morgan fingerprint density at radius 3 is 2.17 bits per heavy atom. The number of nitrogens with zero attached hydrogens (tertiary/aromatic N) is 1. The Balaban J connectivity index is 3.40. The molecule has 3 nitrogen and oxygen atoms in total. The highest BCUT2D eigenvalue weighted by Gasteiger charge is 2.40. The third-order valence-corrected chi connectivity index (χ3v) is 2.00. The van der Waals surface area contributed by atoms with Crippen LogP contribution in [0.1, 0.15) is 11.3 Å². The maximum Gasteiger partial charge on any atom is 0.573 e. The summed E-state index contributed by atoms with van der Waals surface area (Å²) in [7, 11) is 0. The fraction of sp³-hybridized carbons (Fsp3) is 0.375. The lowest BCUT2D eigenvalue weighted by molar-refractivity contribution is -0.275. The smallest absolute Gasteiger partial charge is 0.503 e. The van der Waals surface area contributed by atoms with E-state index in [1.807, 2.05) is 0 Å². The minimum absolute atomic E-state index is 0.208. The van der Waals surface area contributed by atoms with Crippen LogP contribution in [-0.4, -0.2) is 16.5 Å². The molecule has 0 saturated heterocycles. The van der Waals surface area contributed by atoms with Gasteiger partial charge in [-0.1, -0.05) is 0 Å². The van der Waals surface area contributed by atoms with Gasteiger partial charge in [0.25, 0.3) is 0 Å². The number of aromatic hydroxyl groups is 1. The van der Waals surface area contributed by atoms with Gasteiger partial charge < -0.3 is 9.84 Å². The summed E-state index contributed by atoms with van der Waals surface area (Å²) < 4.78 is 76.6. The molecule has 0 radical (unpaired) electrons. The van der Waals surface area contributed by atoms with E-state index in [0.29, 0.717) is 0 Å². The minimum Gasteiger partial charge on any atom is -0.503 e. The highest BCUT2D eigenvalue weighted by molar-refractivity contribution is 6.17. The fourth-order valence-electron chi connectivity index (χ4n) is 1.12. The summed E-state index contributed by atoms with van der Waals surface area (Å²) in [5, 5.41) is 9.06. The van der Waals surface area contributed by atoms with Gasteiger partial charge in [0.05, 0.1) is 12.1 Å². The maximum atomic E-state index is 12.4. The van der Waals surface area contributed by atoms with E-state index >= 15 is 0 Å². The monoisotopic (exact) mass is 295 g/mol. The normalized spacial score (nSPS) is 12.6. The molecule has 0 saturated carbocycles. The van der Waals surface area contributed by atoms with Crippen molar-refractivity contribution in [1.82, 2.24) is 4.98 Å². The van der Waals surface area contributed by atoms with Gasteiger partial charge in [-0.15, -0.1) is 24.8 Å². The number of halogens is 7. The van der Waals surface area contributed by atoms with Crippen molar-refractivity contribution in [3.8, 4) is 11.5 Å². The first-order valence-electron chi connectivity index (χ1n) is 4.16. The van der Waals surface area contributed by atoms with Gasteiger partial charge in [-0.05, 0) is 0 Å². The molecule has 1 aromatic heterocycles. The molecular formula is C8H4ClF6NO2. The second-order valence-corrected chi connectivity index (χ2v) is 3.25. The predicted molar refractivity (Wildman–Crippen MR) is 47.1 cm³/mol. The van der Waals surface area contributed by atoms with Gasteiger partial charge in [-0.25, -0.2) is 4.98 Å². The van der Waals surface area contributed by atoms with Gasteiger partial charge in [0.2, 0.25) is 0 Å². The van der Waals surface area contributed by atoms with E-state index < -0.39 is 41.2 Å². The van der Waals surface area contributed by atoms with Crippen molar-refractivity contribution in [1.29, 1.82) is 0 Å². The van der Waals surface area contributed by atoms with Crippen LogP contribution in [0.25, 0.3) is 0 Å². The van der Waals surface area contributed by atoms with E-state index in [-0.39, 0.29) is 6.20 Å². The molecule has 1 N–H and O–H groups in total. The molecule has 0 bridgehead atoms. The molecule has 0 aliphatic heterocycles. The second kappa shape index (κ2) is 4.71. The molecule has 10 heteroatoms. The maximum absolute atomic E-state index is 12.4. The standard InChI is InChI=1S/C8H4ClF6NO2/c9-1-3-5(18-8(13,14)15)4(17)2-16-6(3)7(10,11)12/h2,17H,1H2. The molecule has 1 aromatic rings. The van der Waals surface area contributed by atoms with E-state index in [2.05, 4.69) is 9.72 Å². The third kappa shape index (κ3) is 3.31. The number of rotatable bonds is 2. The van der Waals surface area contributed by atoms with Crippen LogP contribution in [0.4, 0.5) is 26.3 Å². The summed E-state index contributed by atoms with van der Waals surface area (Å²) >= 11 is 5.15. The van der Waals surface area contributed by atoms with Crippen LogP contribution in [0.15, 0.2) is 6.20 Å². The Morgan fingerprint density at radius 2 is 1.78 bits per heavy atom. The molecule has 102 valence electrons. The molecule has 0 amide bonds. The van der Waals surface area contributed by atoms with Gasteiger partial charge in [0.15, 0.2) is 17.2 Å². The Labute approximate surface area is 101 Å². The van der Waals surface area contributed by atoms with Crippen molar-refractivity contribution in [2.45, 2.75) is 18.4 Å². The Hall–Kier alpha value is -1.38. The van der Waals surface area contributed by atoms with Crippen LogP contribution in [0.2, 0.25) is 0 Å². The summed E-state index contributed by atoms with van der Waals surface area (Å²) in [5.74, 6) is -3.54. The topological polar surface area (TPSA) is 42.4 Å². The molecule has 0 atom stereocenters. The number of pyridine rings is 1. The van der Waals surface area contributed by atoms with Crippen molar-refractivity contribution in [2.24, 2.45) is 0 Å². The summed E-state index contributed by atoms with van der Waals surface area (Å²) in [6.45, 7) is 0. The Morgan fingerprint density at radius 1 is 1.22 bits per heavy atom. The predicted octanol–water partition coefficient (Wildman–Crippen LogP) is 3.44. The average Bonchev–Trinajstić information content (AvgIpc) is 2.17. The zero-order chi connectivity index (χ0) is 14.1. The highest BCUT2D eigenvalue weighted by atomic mass is 35.5. The third-order valence-electron chi connectivity index (χ3n) is 1.73. The highest BCUT2D eigenvalue weighted by Crippen LogP contribution is 2.41. The van der Waals surface area contributed by atoms with Crippen molar-refractivity contribution in [3.05, 3.63) is 17.5 Å². The van der Waals surface area contributed by atoms with Crippen molar-refractivity contribution < 1.29 is 36.2 Å². The van der Waals surface area contributed by atoms with E-state index in [1.54, 1.807) is 0 Å². The number of alkyl halides is 7. The molecule has 18 heavy (non-hydrogen) atoms. The number of aromatic nitrogens is 1. The lowest BCUT2D eigenvalue weighted by Gasteiger charge is -2.16. The van der Waals surface area contributed by atoms with Crippen LogP contribution in [0.3, 0.4) is 0 Å². The van der Waals surface area contributed by atoms with Crippen molar-refractivity contribution in [3.63, 3.8) is 0 Å². The van der Waals surface area contributed by atoms with Crippen LogP contribution in [0.5, 0.6) is 11.5 Å². The van der Waals surface area contributed by atoms with Crippen LogP contribution in [0, 0.1) is 0 Å². The van der Waals surface area contributed by atoms with Gasteiger partial charge in [0.1, 0.15) is 0 Å². The molecule has 1 rings (SSSR count). The lowest BCUT2D eigenvalue weighted by Crippen LogP contribution is -2.20. The quantitative estimate of drug-likeness (QED) is 0.671. The molecule has 0 spiro atoms. The van der Waals surface area contributed by atoms with E-state index in [4.69, 9.17) is 16.7 Å². The number of ether oxygens (including phenoxy) is 1. The zero-order valence-electron chi connectivity index (χ0n) is 8.23. The Bertz CT molecular complexity index is 444. The van der Waals surface area contributed by atoms with Gasteiger partial charge >= 0.3 is 12.5 Å². The number of hydrogen-bond donors (Lipinski definition) is 1. The van der Waals surface area contributed by atoms with Gasteiger partial charge in [0, 0.05) is 5.56 Å². The average molecular weight is 296 g/mol. The second-order valence-electron chi connectivity index (χ2n) is 2.98. The lowest BCUT2D eigenvalue weighted by atomic mass is 10.2. The number of hydrogen-bond acceptors (Lipinski definition) is 3. The van der Waals surface area contributed by atoms with Crippen LogP contribution in [-0.2, 0) is 12.1 Å². The van der Waals surface area contributed by atoms with Crippen LogP contribution >= 0.6 is 11.6 Å².